The summed E-state index contributed by atoms with van der Waals surface area (Å²) >= 11 is 0. The molecule has 0 radical (unpaired) electrons. The van der Waals surface area contributed by atoms with Gasteiger partial charge in [0, 0.05) is 13.3 Å². The number of nitriles is 1. The van der Waals surface area contributed by atoms with Gasteiger partial charge in [0.25, 0.3) is 5.82 Å². The van der Waals surface area contributed by atoms with Crippen molar-refractivity contribution in [2.24, 2.45) is 0 Å². The maximum atomic E-state index is 8.40. The van der Waals surface area contributed by atoms with Gasteiger partial charge in [-0.15, -0.1) is 0 Å². The maximum absolute atomic E-state index is 8.40. The predicted octanol–water partition coefficient (Wildman–Crippen LogP) is 1.80. The van der Waals surface area contributed by atoms with Crippen LogP contribution < -0.4 is 4.57 Å². The molecule has 0 spiro atoms. The van der Waals surface area contributed by atoms with Crippen molar-refractivity contribution in [2.45, 2.75) is 46.2 Å². The SMILES string of the molecule is CCn1cc[n+](CCCCC#N)c1C. The van der Waals surface area contributed by atoms with Crippen molar-refractivity contribution < 1.29 is 4.57 Å². The second kappa shape index (κ2) is 5.43. The number of hydrogen-bond acceptors (Lipinski definition) is 1. The van der Waals surface area contributed by atoms with Crippen LogP contribution in [0.15, 0.2) is 12.4 Å². The van der Waals surface area contributed by atoms with Gasteiger partial charge in [0.1, 0.15) is 12.4 Å². The standard InChI is InChI=1S/C11H18N3/c1-3-13-9-10-14(11(13)2)8-6-4-5-7-12/h9-10H,3-6,8H2,1-2H3/q+1. The molecule has 1 rings (SSSR count). The van der Waals surface area contributed by atoms with Crippen molar-refractivity contribution in [2.75, 3.05) is 0 Å². The van der Waals surface area contributed by atoms with E-state index in [9.17, 15) is 0 Å². The highest BCUT2D eigenvalue weighted by Crippen LogP contribution is 1.97. The van der Waals surface area contributed by atoms with Gasteiger partial charge in [0.15, 0.2) is 0 Å². The Morgan fingerprint density at radius 3 is 2.86 bits per heavy atom. The molecule has 0 fully saturated rings. The van der Waals surface area contributed by atoms with E-state index in [1.165, 1.54) is 5.82 Å². The monoisotopic (exact) mass is 192 g/mol. The largest absolute Gasteiger partial charge is 0.253 e. The number of nitrogens with zero attached hydrogens (tertiary/aromatic N) is 3. The second-order valence-corrected chi connectivity index (χ2v) is 3.44. The molecule has 0 aliphatic heterocycles. The minimum Gasteiger partial charge on any atom is -0.235 e. The highest BCUT2D eigenvalue weighted by Gasteiger charge is 2.09. The Balaban J connectivity index is 2.43. The lowest BCUT2D eigenvalue weighted by Crippen LogP contribution is -2.35. The first-order valence-electron chi connectivity index (χ1n) is 5.21. The number of aromatic nitrogens is 2. The first kappa shape index (κ1) is 10.8. The first-order chi connectivity index (χ1) is 6.79. The minimum atomic E-state index is 0.675. The Morgan fingerprint density at radius 1 is 1.50 bits per heavy atom. The van der Waals surface area contributed by atoms with E-state index in [2.05, 4.69) is 41.4 Å². The molecule has 0 aliphatic rings. The third-order valence-corrected chi connectivity index (χ3v) is 2.54. The summed E-state index contributed by atoms with van der Waals surface area (Å²) in [4.78, 5) is 0. The number of imidazole rings is 1. The van der Waals surface area contributed by atoms with Gasteiger partial charge in [0.05, 0.1) is 19.2 Å². The maximum Gasteiger partial charge on any atom is 0.253 e. The Bertz CT molecular complexity index is 320. The van der Waals surface area contributed by atoms with Crippen molar-refractivity contribution >= 4 is 0 Å². The Kier molecular flexibility index (Phi) is 4.18. The van der Waals surface area contributed by atoms with Crippen LogP contribution in [0.25, 0.3) is 0 Å². The number of rotatable bonds is 5. The van der Waals surface area contributed by atoms with Crippen molar-refractivity contribution in [3.8, 4) is 6.07 Å². The molecule has 1 heterocycles. The molecule has 0 aliphatic carbocycles. The Labute approximate surface area is 85.6 Å². The molecule has 0 bridgehead atoms. The summed E-state index contributed by atoms with van der Waals surface area (Å²) in [6.45, 7) is 6.33. The number of unbranched alkanes of at least 4 members (excludes halogenated alkanes) is 2. The fraction of sp³-hybridized carbons (Fsp3) is 0.636. The summed E-state index contributed by atoms with van der Waals surface area (Å²) in [7, 11) is 0. The lowest BCUT2D eigenvalue weighted by atomic mass is 10.2. The zero-order chi connectivity index (χ0) is 10.4. The molecule has 14 heavy (non-hydrogen) atoms. The van der Waals surface area contributed by atoms with E-state index in [1.54, 1.807) is 0 Å². The van der Waals surface area contributed by atoms with Crippen molar-refractivity contribution in [3.63, 3.8) is 0 Å². The third-order valence-electron chi connectivity index (χ3n) is 2.54. The van der Waals surface area contributed by atoms with Crippen LogP contribution in [0.2, 0.25) is 0 Å². The fourth-order valence-corrected chi connectivity index (χ4v) is 1.60. The van der Waals surface area contributed by atoms with Crippen molar-refractivity contribution in [1.82, 2.24) is 4.57 Å². The first-order valence-corrected chi connectivity index (χ1v) is 5.21. The van der Waals surface area contributed by atoms with Gasteiger partial charge >= 0.3 is 0 Å². The topological polar surface area (TPSA) is 32.6 Å². The van der Waals surface area contributed by atoms with E-state index in [0.717, 1.165) is 25.9 Å². The van der Waals surface area contributed by atoms with Gasteiger partial charge < -0.3 is 0 Å². The molecule has 1 aromatic rings. The van der Waals surface area contributed by atoms with Gasteiger partial charge in [0.2, 0.25) is 0 Å². The lowest BCUT2D eigenvalue weighted by molar-refractivity contribution is -0.702. The van der Waals surface area contributed by atoms with Crippen LogP contribution in [0.4, 0.5) is 0 Å². The second-order valence-electron chi connectivity index (χ2n) is 3.44. The van der Waals surface area contributed by atoms with E-state index < -0.39 is 0 Å². The van der Waals surface area contributed by atoms with Gasteiger partial charge in [-0.05, 0) is 19.8 Å². The molecular weight excluding hydrogens is 174 g/mol. The molecule has 0 aromatic carbocycles. The smallest absolute Gasteiger partial charge is 0.235 e. The molecular formula is C11H18N3+. The van der Waals surface area contributed by atoms with Crippen LogP contribution >= 0.6 is 0 Å². The number of hydrogen-bond donors (Lipinski definition) is 0. The van der Waals surface area contributed by atoms with Crippen LogP contribution in [0.3, 0.4) is 0 Å². The fourth-order valence-electron chi connectivity index (χ4n) is 1.60. The van der Waals surface area contributed by atoms with E-state index >= 15 is 0 Å². The van der Waals surface area contributed by atoms with Gasteiger partial charge in [-0.2, -0.15) is 5.26 Å². The van der Waals surface area contributed by atoms with Crippen LogP contribution in [-0.2, 0) is 13.1 Å². The summed E-state index contributed by atoms with van der Waals surface area (Å²) in [6.07, 6.45) is 6.99. The average molecular weight is 192 g/mol. The summed E-state index contributed by atoms with van der Waals surface area (Å²) in [5.74, 6) is 1.30. The molecule has 76 valence electrons. The van der Waals surface area contributed by atoms with Crippen LogP contribution in [0, 0.1) is 18.3 Å². The zero-order valence-electron chi connectivity index (χ0n) is 9.03. The van der Waals surface area contributed by atoms with Crippen LogP contribution in [0.5, 0.6) is 0 Å². The molecule has 3 heteroatoms. The van der Waals surface area contributed by atoms with E-state index in [0.29, 0.717) is 6.42 Å². The van der Waals surface area contributed by atoms with Gasteiger partial charge in [-0.25, -0.2) is 9.13 Å². The highest BCUT2D eigenvalue weighted by molar-refractivity contribution is 4.78. The predicted molar refractivity (Wildman–Crippen MR) is 54.5 cm³/mol. The summed E-state index contributed by atoms with van der Waals surface area (Å²) in [5.41, 5.74) is 0. The van der Waals surface area contributed by atoms with E-state index in [4.69, 9.17) is 5.26 Å². The number of aryl methyl sites for hydroxylation is 2. The molecule has 3 nitrogen and oxygen atoms in total. The summed E-state index contributed by atoms with van der Waals surface area (Å²) in [6, 6.07) is 2.17. The van der Waals surface area contributed by atoms with Crippen molar-refractivity contribution in [3.05, 3.63) is 18.2 Å². The van der Waals surface area contributed by atoms with E-state index in [-0.39, 0.29) is 0 Å². The molecule has 0 amide bonds. The molecule has 0 saturated carbocycles. The quantitative estimate of drug-likeness (QED) is 0.517. The summed E-state index contributed by atoms with van der Waals surface area (Å²) < 4.78 is 4.48. The van der Waals surface area contributed by atoms with Crippen molar-refractivity contribution in [1.29, 1.82) is 5.26 Å². The van der Waals surface area contributed by atoms with Crippen LogP contribution in [0.1, 0.15) is 32.0 Å². The molecule has 1 aromatic heterocycles. The Hall–Kier alpha value is -1.30. The normalized spacial score (nSPS) is 10.1. The third kappa shape index (κ3) is 2.59. The zero-order valence-corrected chi connectivity index (χ0v) is 9.03. The average Bonchev–Trinajstić information content (AvgIpc) is 2.55. The van der Waals surface area contributed by atoms with Crippen LogP contribution in [-0.4, -0.2) is 4.57 Å². The summed E-state index contributed by atoms with van der Waals surface area (Å²) in [5, 5.41) is 8.40. The molecule has 0 unspecified atom stereocenters. The minimum absolute atomic E-state index is 0.675. The van der Waals surface area contributed by atoms with Gasteiger partial charge in [-0.1, -0.05) is 0 Å². The van der Waals surface area contributed by atoms with E-state index in [1.807, 2.05) is 0 Å². The Morgan fingerprint density at radius 2 is 2.29 bits per heavy atom. The lowest BCUT2D eigenvalue weighted by Gasteiger charge is -1.98. The molecule has 0 atom stereocenters. The highest BCUT2D eigenvalue weighted by atomic mass is 15.1. The molecule has 0 saturated heterocycles. The molecule has 0 N–H and O–H groups in total. The van der Waals surface area contributed by atoms with Gasteiger partial charge in [-0.3, -0.25) is 0 Å².